The summed E-state index contributed by atoms with van der Waals surface area (Å²) in [6, 6.07) is 0. The molecule has 0 aromatic rings. The van der Waals surface area contributed by atoms with E-state index in [1.54, 1.807) is 0 Å². The summed E-state index contributed by atoms with van der Waals surface area (Å²) in [6.07, 6.45) is 7.02. The number of hydrogen-bond donors (Lipinski definition) is 0. The van der Waals surface area contributed by atoms with Crippen LogP contribution in [0, 0.1) is 0 Å². The maximum atomic E-state index is 13.6. The van der Waals surface area contributed by atoms with Crippen molar-refractivity contribution in [2.24, 2.45) is 0 Å². The van der Waals surface area contributed by atoms with E-state index in [2.05, 4.69) is 0 Å². The van der Waals surface area contributed by atoms with Crippen LogP contribution in [-0.4, -0.2) is 5.67 Å². The Morgan fingerprint density at radius 1 is 1.10 bits per heavy atom. The average Bonchev–Trinajstić information content (AvgIpc) is 2.15. The second kappa shape index (κ2) is 3.36. The molecule has 1 rings (SSSR count). The van der Waals surface area contributed by atoms with Crippen LogP contribution in [0.2, 0.25) is 0 Å². The lowest BCUT2D eigenvalue weighted by Gasteiger charge is -2.20. The fraction of sp³-hybridized carbons (Fsp3) is 1.00. The zero-order valence-electron chi connectivity index (χ0n) is 6.83. The highest BCUT2D eigenvalue weighted by Crippen LogP contribution is 2.32. The van der Waals surface area contributed by atoms with Gasteiger partial charge in [0.05, 0.1) is 0 Å². The fourth-order valence-electron chi connectivity index (χ4n) is 1.72. The molecule has 0 heterocycles. The average molecular weight is 144 g/mol. The van der Waals surface area contributed by atoms with E-state index >= 15 is 0 Å². The predicted octanol–water partition coefficient (Wildman–Crippen LogP) is 3.46. The monoisotopic (exact) mass is 144 g/mol. The standard InChI is InChI=1S/C9H17F/c1-2-9(10)7-5-3-4-6-8-9/h2-8H2,1H3. The first-order valence-corrected chi connectivity index (χ1v) is 4.46. The summed E-state index contributed by atoms with van der Waals surface area (Å²) >= 11 is 0. The summed E-state index contributed by atoms with van der Waals surface area (Å²) in [7, 11) is 0. The third-order valence-electron chi connectivity index (χ3n) is 2.63. The summed E-state index contributed by atoms with van der Waals surface area (Å²) in [4.78, 5) is 0. The zero-order chi connectivity index (χ0) is 7.45. The van der Waals surface area contributed by atoms with Crippen LogP contribution in [0.1, 0.15) is 51.9 Å². The Kier molecular flexibility index (Phi) is 2.70. The van der Waals surface area contributed by atoms with Crippen molar-refractivity contribution in [1.82, 2.24) is 0 Å². The summed E-state index contributed by atoms with van der Waals surface area (Å²) in [6.45, 7) is 1.96. The third-order valence-corrected chi connectivity index (χ3v) is 2.63. The molecular weight excluding hydrogens is 127 g/mol. The van der Waals surface area contributed by atoms with Gasteiger partial charge in [0.1, 0.15) is 5.67 Å². The predicted molar refractivity (Wildman–Crippen MR) is 41.8 cm³/mol. The molecule has 0 spiro atoms. The molecule has 60 valence electrons. The van der Waals surface area contributed by atoms with Crippen LogP contribution in [0.15, 0.2) is 0 Å². The molecular formula is C9H17F. The SMILES string of the molecule is CCC1(F)CCCCCC1. The van der Waals surface area contributed by atoms with Gasteiger partial charge >= 0.3 is 0 Å². The van der Waals surface area contributed by atoms with E-state index < -0.39 is 5.67 Å². The van der Waals surface area contributed by atoms with Gasteiger partial charge in [-0.1, -0.05) is 32.6 Å². The van der Waals surface area contributed by atoms with Crippen molar-refractivity contribution in [3.63, 3.8) is 0 Å². The lowest BCUT2D eigenvalue weighted by Crippen LogP contribution is -2.19. The topological polar surface area (TPSA) is 0 Å². The van der Waals surface area contributed by atoms with Gasteiger partial charge in [0.2, 0.25) is 0 Å². The van der Waals surface area contributed by atoms with E-state index in [1.165, 1.54) is 12.8 Å². The second-order valence-electron chi connectivity index (χ2n) is 3.42. The molecule has 1 saturated carbocycles. The minimum atomic E-state index is -0.795. The molecule has 0 N–H and O–H groups in total. The first kappa shape index (κ1) is 8.03. The highest BCUT2D eigenvalue weighted by molar-refractivity contribution is 4.79. The van der Waals surface area contributed by atoms with Crippen molar-refractivity contribution >= 4 is 0 Å². The molecule has 0 aromatic heterocycles. The van der Waals surface area contributed by atoms with Crippen LogP contribution in [0.25, 0.3) is 0 Å². The number of halogens is 1. The number of hydrogen-bond acceptors (Lipinski definition) is 0. The van der Waals surface area contributed by atoms with E-state index in [4.69, 9.17) is 0 Å². The van der Waals surface area contributed by atoms with Crippen LogP contribution in [0.5, 0.6) is 0 Å². The van der Waals surface area contributed by atoms with Crippen LogP contribution in [0.3, 0.4) is 0 Å². The van der Waals surface area contributed by atoms with Crippen LogP contribution in [0.4, 0.5) is 4.39 Å². The van der Waals surface area contributed by atoms with Gasteiger partial charge in [-0.3, -0.25) is 0 Å². The van der Waals surface area contributed by atoms with Crippen LogP contribution in [-0.2, 0) is 0 Å². The Balaban J connectivity index is 2.41. The lowest BCUT2D eigenvalue weighted by atomic mass is 9.94. The smallest absolute Gasteiger partial charge is 0.110 e. The minimum Gasteiger partial charge on any atom is -0.244 e. The summed E-state index contributed by atoms with van der Waals surface area (Å²) < 4.78 is 13.6. The molecule has 1 aliphatic rings. The lowest BCUT2D eigenvalue weighted by molar-refractivity contribution is 0.134. The molecule has 1 heteroatoms. The Bertz CT molecular complexity index is 90.9. The Hall–Kier alpha value is -0.0700. The highest BCUT2D eigenvalue weighted by atomic mass is 19.1. The third kappa shape index (κ3) is 1.96. The van der Waals surface area contributed by atoms with Crippen molar-refractivity contribution in [1.29, 1.82) is 0 Å². The summed E-state index contributed by atoms with van der Waals surface area (Å²) in [5.74, 6) is 0. The fourth-order valence-corrected chi connectivity index (χ4v) is 1.72. The van der Waals surface area contributed by atoms with E-state index in [0.29, 0.717) is 6.42 Å². The van der Waals surface area contributed by atoms with Gasteiger partial charge in [0, 0.05) is 0 Å². The zero-order valence-corrected chi connectivity index (χ0v) is 6.83. The van der Waals surface area contributed by atoms with Crippen molar-refractivity contribution in [2.75, 3.05) is 0 Å². The Labute approximate surface area is 62.8 Å². The number of rotatable bonds is 1. The molecule has 1 aliphatic carbocycles. The van der Waals surface area contributed by atoms with Gasteiger partial charge in [-0.25, -0.2) is 4.39 Å². The molecule has 0 aliphatic heterocycles. The molecule has 0 aromatic carbocycles. The van der Waals surface area contributed by atoms with Crippen LogP contribution >= 0.6 is 0 Å². The van der Waals surface area contributed by atoms with Crippen molar-refractivity contribution in [2.45, 2.75) is 57.5 Å². The quantitative estimate of drug-likeness (QED) is 0.494. The normalized spacial score (nSPS) is 25.8. The molecule has 0 amide bonds. The molecule has 0 atom stereocenters. The van der Waals surface area contributed by atoms with E-state index in [1.807, 2.05) is 6.92 Å². The van der Waals surface area contributed by atoms with E-state index in [9.17, 15) is 4.39 Å². The summed E-state index contributed by atoms with van der Waals surface area (Å²) in [5, 5.41) is 0. The van der Waals surface area contributed by atoms with E-state index in [0.717, 1.165) is 25.7 Å². The van der Waals surface area contributed by atoms with Crippen molar-refractivity contribution in [3.05, 3.63) is 0 Å². The van der Waals surface area contributed by atoms with E-state index in [-0.39, 0.29) is 0 Å². The summed E-state index contributed by atoms with van der Waals surface area (Å²) in [5.41, 5.74) is -0.795. The molecule has 0 nitrogen and oxygen atoms in total. The van der Waals surface area contributed by atoms with Gasteiger partial charge in [0.25, 0.3) is 0 Å². The van der Waals surface area contributed by atoms with Gasteiger partial charge < -0.3 is 0 Å². The Morgan fingerprint density at radius 3 is 2.00 bits per heavy atom. The Morgan fingerprint density at radius 2 is 1.60 bits per heavy atom. The highest BCUT2D eigenvalue weighted by Gasteiger charge is 2.27. The molecule has 0 radical (unpaired) electrons. The molecule has 0 saturated heterocycles. The second-order valence-corrected chi connectivity index (χ2v) is 3.42. The van der Waals surface area contributed by atoms with Gasteiger partial charge in [-0.15, -0.1) is 0 Å². The maximum absolute atomic E-state index is 13.6. The van der Waals surface area contributed by atoms with Crippen molar-refractivity contribution < 1.29 is 4.39 Å². The molecule has 0 unspecified atom stereocenters. The molecule has 0 bridgehead atoms. The van der Waals surface area contributed by atoms with Gasteiger partial charge in [0.15, 0.2) is 0 Å². The minimum absolute atomic E-state index is 0.715. The maximum Gasteiger partial charge on any atom is 0.110 e. The first-order valence-electron chi connectivity index (χ1n) is 4.46. The first-order chi connectivity index (χ1) is 4.77. The molecule has 10 heavy (non-hydrogen) atoms. The van der Waals surface area contributed by atoms with Gasteiger partial charge in [-0.05, 0) is 19.3 Å². The molecule has 1 fully saturated rings. The van der Waals surface area contributed by atoms with Crippen molar-refractivity contribution in [3.8, 4) is 0 Å². The number of alkyl halides is 1. The largest absolute Gasteiger partial charge is 0.244 e. The van der Waals surface area contributed by atoms with Crippen LogP contribution < -0.4 is 0 Å². The van der Waals surface area contributed by atoms with Gasteiger partial charge in [-0.2, -0.15) is 0 Å².